The van der Waals surface area contributed by atoms with Gasteiger partial charge >= 0.3 is 12.3 Å². The van der Waals surface area contributed by atoms with Gasteiger partial charge in [0, 0.05) is 48.5 Å². The van der Waals surface area contributed by atoms with Gasteiger partial charge in [0.15, 0.2) is 19.9 Å². The lowest BCUT2D eigenvalue weighted by atomic mass is 9.75. The number of carbonyl (C=O) groups excluding carboxylic acids is 4. The van der Waals surface area contributed by atoms with Crippen LogP contribution in [-0.2, 0) is 41.1 Å². The van der Waals surface area contributed by atoms with Crippen LogP contribution in [0.15, 0.2) is 29.2 Å². The molecule has 0 spiro atoms. The zero-order chi connectivity index (χ0) is 37.2. The van der Waals surface area contributed by atoms with E-state index in [9.17, 15) is 37.9 Å². The largest absolute Gasteiger partial charge is 0.510 e. The molecule has 0 fully saturated rings. The van der Waals surface area contributed by atoms with E-state index < -0.39 is 98.0 Å². The lowest BCUT2D eigenvalue weighted by Crippen LogP contribution is -2.54. The summed E-state index contributed by atoms with van der Waals surface area (Å²) < 4.78 is 59.3. The van der Waals surface area contributed by atoms with E-state index in [4.69, 9.17) is 28.0 Å². The van der Waals surface area contributed by atoms with Gasteiger partial charge in [0.2, 0.25) is 19.0 Å². The standard InChI is InChI=1S/C32H42F2N3O12P/c1-18(2)48-30(42)44-16-46-50(47-17-45-31(43)49-19(3)4)11-7-10-35-24-15-37-14-22(26(38)27(39)25(37)28(40)32(24,5)6)29(41)36-13-20-8-9-21(33)12-23(20)34/h8-9,12,14,18-19,24,35,39H,7,10-11,13,15-17H2,1-6H3,(H,36,41). The minimum Gasteiger partial charge on any atom is -0.503 e. The number of nitrogens with zero attached hydrogens (tertiary/aromatic N) is 1. The molecule has 1 aliphatic heterocycles. The van der Waals surface area contributed by atoms with E-state index in [1.165, 1.54) is 4.57 Å². The number of ketones is 1. The lowest BCUT2D eigenvalue weighted by Gasteiger charge is -2.40. The molecule has 1 unspecified atom stereocenters. The molecular weight excluding hydrogens is 687 g/mol. The molecule has 0 radical (unpaired) electrons. The summed E-state index contributed by atoms with van der Waals surface area (Å²) in [5.41, 5.74) is -2.92. The average Bonchev–Trinajstić information content (AvgIpc) is 3.01. The molecule has 50 heavy (non-hydrogen) atoms. The zero-order valence-electron chi connectivity index (χ0n) is 28.6. The van der Waals surface area contributed by atoms with Gasteiger partial charge in [0.25, 0.3) is 5.91 Å². The highest BCUT2D eigenvalue weighted by molar-refractivity contribution is 7.47. The second-order valence-electron chi connectivity index (χ2n) is 12.2. The van der Waals surface area contributed by atoms with Gasteiger partial charge in [-0.15, -0.1) is 0 Å². The van der Waals surface area contributed by atoms with Crippen LogP contribution in [0.2, 0.25) is 0 Å². The molecule has 1 aromatic carbocycles. The Kier molecular flexibility index (Phi) is 14.6. The summed E-state index contributed by atoms with van der Waals surface area (Å²) in [5.74, 6) is -4.04. The Morgan fingerprint density at radius 2 is 1.62 bits per heavy atom. The number of amides is 1. The second-order valence-corrected chi connectivity index (χ2v) is 13.9. The molecule has 3 N–H and O–H groups in total. The normalized spacial score (nSPS) is 15.2. The van der Waals surface area contributed by atoms with Crippen LogP contribution in [-0.4, -0.2) is 78.2 Å². The predicted octanol–water partition coefficient (Wildman–Crippen LogP) is 4.72. The van der Waals surface area contributed by atoms with Crippen molar-refractivity contribution in [3.8, 4) is 5.75 Å². The third-order valence-corrected chi connectivity index (χ3v) is 8.79. The first-order valence-corrected chi connectivity index (χ1v) is 17.0. The quantitative estimate of drug-likeness (QED) is 0.0933. The van der Waals surface area contributed by atoms with Crippen molar-refractivity contribution in [1.82, 2.24) is 15.2 Å². The summed E-state index contributed by atoms with van der Waals surface area (Å²) in [6, 6.07) is 2.29. The Hall–Kier alpha value is -4.18. The number of nitrogens with one attached hydrogen (secondary N) is 2. The van der Waals surface area contributed by atoms with Crippen molar-refractivity contribution in [2.75, 3.05) is 26.3 Å². The summed E-state index contributed by atoms with van der Waals surface area (Å²) in [6.45, 7) is 8.96. The van der Waals surface area contributed by atoms with E-state index in [2.05, 4.69) is 10.6 Å². The van der Waals surface area contributed by atoms with Crippen molar-refractivity contribution in [3.05, 3.63) is 63.1 Å². The number of aromatic nitrogens is 1. The van der Waals surface area contributed by atoms with Gasteiger partial charge in [-0.1, -0.05) is 19.9 Å². The molecule has 2 heterocycles. The number of halogens is 2. The van der Waals surface area contributed by atoms with Crippen molar-refractivity contribution >= 4 is 32.4 Å². The van der Waals surface area contributed by atoms with Crippen LogP contribution in [0.3, 0.4) is 0 Å². The maximum atomic E-state index is 14.0. The number of aromatic hydroxyl groups is 1. The molecule has 276 valence electrons. The van der Waals surface area contributed by atoms with Crippen LogP contribution in [0.1, 0.15) is 74.4 Å². The fourth-order valence-corrected chi connectivity index (χ4v) is 5.80. The fourth-order valence-electron chi connectivity index (χ4n) is 4.71. The average molecular weight is 730 g/mol. The van der Waals surface area contributed by atoms with E-state index in [1.54, 1.807) is 41.5 Å². The molecule has 0 saturated carbocycles. The smallest absolute Gasteiger partial charge is 0.503 e. The predicted molar refractivity (Wildman–Crippen MR) is 174 cm³/mol. The number of carbonyl (C=O) groups is 4. The Balaban J connectivity index is 1.65. The molecule has 1 amide bonds. The topological polar surface area (TPSA) is 190 Å². The maximum Gasteiger partial charge on any atom is 0.510 e. The molecular formula is C32H42F2N3O12P. The van der Waals surface area contributed by atoms with Gasteiger partial charge in [0.05, 0.1) is 12.2 Å². The van der Waals surface area contributed by atoms with Gasteiger partial charge in [-0.05, 0) is 46.7 Å². The summed E-state index contributed by atoms with van der Waals surface area (Å²) in [7, 11) is -1.74. The van der Waals surface area contributed by atoms with Crippen molar-refractivity contribution < 1.29 is 61.1 Å². The van der Waals surface area contributed by atoms with Crippen LogP contribution in [0.5, 0.6) is 5.75 Å². The number of pyridine rings is 1. The Morgan fingerprint density at radius 3 is 2.18 bits per heavy atom. The highest BCUT2D eigenvalue weighted by Gasteiger charge is 2.44. The fraction of sp³-hybridized carbons (Fsp3) is 0.531. The molecule has 0 aliphatic carbocycles. The number of fused-ring (bicyclic) bond motifs is 1. The van der Waals surface area contributed by atoms with E-state index in [-0.39, 0.29) is 30.5 Å². The van der Waals surface area contributed by atoms with Crippen LogP contribution >= 0.6 is 8.38 Å². The molecule has 1 aromatic heterocycles. The van der Waals surface area contributed by atoms with Gasteiger partial charge in [0.1, 0.15) is 22.9 Å². The minimum absolute atomic E-state index is 0.0231. The van der Waals surface area contributed by atoms with Crippen molar-refractivity contribution in [2.24, 2.45) is 5.41 Å². The van der Waals surface area contributed by atoms with Crippen LogP contribution in [0.4, 0.5) is 18.4 Å². The van der Waals surface area contributed by atoms with Gasteiger partial charge in [-0.25, -0.2) is 18.4 Å². The Morgan fingerprint density at radius 1 is 1.02 bits per heavy atom. The van der Waals surface area contributed by atoms with Gasteiger partial charge in [-0.3, -0.25) is 23.4 Å². The Labute approximate surface area is 288 Å². The van der Waals surface area contributed by atoms with Gasteiger partial charge < -0.3 is 39.3 Å². The van der Waals surface area contributed by atoms with Crippen molar-refractivity contribution in [2.45, 2.75) is 79.3 Å². The summed E-state index contributed by atoms with van der Waals surface area (Å²) >= 11 is 0. The summed E-state index contributed by atoms with van der Waals surface area (Å²) in [4.78, 5) is 62.8. The number of hydrogen-bond donors (Lipinski definition) is 3. The minimum atomic E-state index is -1.74. The molecule has 15 nitrogen and oxygen atoms in total. The van der Waals surface area contributed by atoms with Crippen molar-refractivity contribution in [3.63, 3.8) is 0 Å². The van der Waals surface area contributed by atoms with E-state index >= 15 is 0 Å². The molecule has 18 heteroatoms. The number of benzene rings is 1. The number of Topliss-reactive ketones (excluding diaryl/α,β-unsaturated/α-hetero) is 1. The molecule has 2 aromatic rings. The van der Waals surface area contributed by atoms with Gasteiger partial charge in [-0.2, -0.15) is 0 Å². The van der Waals surface area contributed by atoms with E-state index in [0.29, 0.717) is 19.0 Å². The molecule has 1 atom stereocenters. The highest BCUT2D eigenvalue weighted by atomic mass is 31.2. The maximum absolute atomic E-state index is 14.0. The molecule has 0 bridgehead atoms. The second kappa shape index (κ2) is 18.2. The SMILES string of the molecule is CC(C)OC(=O)OCOP(CCCNC1Cn2cc(C(=O)NCc3ccc(F)cc3F)c(=O)c(O)c2C(=O)C1(C)C)OCOC(=O)OC(C)C. The first-order valence-electron chi connectivity index (χ1n) is 15.7. The Bertz CT molecular complexity index is 1570. The third-order valence-electron chi connectivity index (χ3n) is 7.33. The lowest BCUT2D eigenvalue weighted by molar-refractivity contribution is -0.0236. The van der Waals surface area contributed by atoms with Crippen molar-refractivity contribution in [1.29, 1.82) is 0 Å². The molecule has 3 rings (SSSR count). The zero-order valence-corrected chi connectivity index (χ0v) is 29.5. The van der Waals surface area contributed by atoms with Crippen LogP contribution in [0.25, 0.3) is 0 Å². The number of ether oxygens (including phenoxy) is 4. The number of rotatable bonds is 16. The number of hydrogen-bond acceptors (Lipinski definition) is 13. The first-order chi connectivity index (χ1) is 23.5. The third kappa shape index (κ3) is 11.2. The summed E-state index contributed by atoms with van der Waals surface area (Å²) in [5, 5.41) is 16.4. The van der Waals surface area contributed by atoms with Crippen LogP contribution < -0.4 is 16.1 Å². The van der Waals surface area contributed by atoms with E-state index in [0.717, 1.165) is 18.3 Å². The molecule has 1 aliphatic rings. The monoisotopic (exact) mass is 729 g/mol. The first kappa shape index (κ1) is 40.3. The summed E-state index contributed by atoms with van der Waals surface area (Å²) in [6.07, 6.45) is -0.832. The van der Waals surface area contributed by atoms with Crippen LogP contribution in [0, 0.1) is 17.0 Å². The molecule has 0 saturated heterocycles. The highest BCUT2D eigenvalue weighted by Crippen LogP contribution is 2.39. The van der Waals surface area contributed by atoms with E-state index in [1.807, 2.05) is 0 Å².